The third kappa shape index (κ3) is 4.22. The number of benzene rings is 1. The molecular formula is C27H29N5O2. The Labute approximate surface area is 199 Å². The van der Waals surface area contributed by atoms with Crippen LogP contribution in [0.15, 0.2) is 36.5 Å². The van der Waals surface area contributed by atoms with Crippen molar-refractivity contribution in [2.45, 2.75) is 45.6 Å². The summed E-state index contributed by atoms with van der Waals surface area (Å²) in [6.45, 7) is 5.58. The summed E-state index contributed by atoms with van der Waals surface area (Å²) in [5, 5.41) is 9.20. The number of likely N-dealkylation sites (tertiary alicyclic amines) is 2. The van der Waals surface area contributed by atoms with Crippen LogP contribution in [0.1, 0.15) is 59.3 Å². The Bertz CT molecular complexity index is 1280. The average Bonchev–Trinajstić information content (AvgIpc) is 3.39. The highest BCUT2D eigenvalue weighted by atomic mass is 16.2. The molecule has 2 aliphatic rings. The Morgan fingerprint density at radius 1 is 1.09 bits per heavy atom. The molecule has 7 heteroatoms. The molecule has 4 heterocycles. The van der Waals surface area contributed by atoms with Crippen molar-refractivity contribution in [2.24, 2.45) is 0 Å². The fourth-order valence-corrected chi connectivity index (χ4v) is 5.25. The molecule has 0 bridgehead atoms. The zero-order chi connectivity index (χ0) is 23.7. The number of piperidine rings is 1. The summed E-state index contributed by atoms with van der Waals surface area (Å²) < 4.78 is 2.06. The van der Waals surface area contributed by atoms with Gasteiger partial charge < -0.3 is 9.47 Å². The first-order chi connectivity index (χ1) is 16.5. The van der Waals surface area contributed by atoms with Crippen LogP contribution in [0.5, 0.6) is 0 Å². The zero-order valence-corrected chi connectivity index (χ0v) is 19.6. The van der Waals surface area contributed by atoms with E-state index in [0.29, 0.717) is 36.2 Å². The van der Waals surface area contributed by atoms with Crippen molar-refractivity contribution in [1.82, 2.24) is 19.4 Å². The lowest BCUT2D eigenvalue weighted by atomic mass is 10.1. The standard InChI is InChI=1S/C27H29N5O2/c1-19-26(24(33)18-30-11-3-2-4-12-30)27-23(32(19)22-9-7-20(15-28)8-10-22)14-21(16-29-27)17-31-13-5-6-25(31)34/h7-10,14,16H,2-6,11-13,17-18H2,1H3. The fraction of sp³-hybridized carbons (Fsp3) is 0.407. The topological polar surface area (TPSA) is 82.2 Å². The van der Waals surface area contributed by atoms with Gasteiger partial charge in [0.15, 0.2) is 5.78 Å². The van der Waals surface area contributed by atoms with Gasteiger partial charge in [-0.15, -0.1) is 0 Å². The molecule has 34 heavy (non-hydrogen) atoms. The molecule has 0 N–H and O–H groups in total. The van der Waals surface area contributed by atoms with Gasteiger partial charge in [-0.3, -0.25) is 19.5 Å². The number of ketones is 1. The van der Waals surface area contributed by atoms with E-state index in [1.54, 1.807) is 18.3 Å². The van der Waals surface area contributed by atoms with Gasteiger partial charge in [0.1, 0.15) is 0 Å². The van der Waals surface area contributed by atoms with E-state index in [4.69, 9.17) is 4.98 Å². The van der Waals surface area contributed by atoms with Crippen molar-refractivity contribution < 1.29 is 9.59 Å². The van der Waals surface area contributed by atoms with Crippen LogP contribution >= 0.6 is 0 Å². The maximum absolute atomic E-state index is 13.5. The van der Waals surface area contributed by atoms with E-state index in [1.807, 2.05) is 24.0 Å². The smallest absolute Gasteiger partial charge is 0.222 e. The van der Waals surface area contributed by atoms with Gasteiger partial charge in [0.05, 0.1) is 34.8 Å². The van der Waals surface area contributed by atoms with E-state index in [-0.39, 0.29) is 11.7 Å². The first-order valence-corrected chi connectivity index (χ1v) is 12.1. The molecule has 0 spiro atoms. The second-order valence-corrected chi connectivity index (χ2v) is 9.34. The van der Waals surface area contributed by atoms with Crippen LogP contribution < -0.4 is 0 Å². The lowest BCUT2D eigenvalue weighted by Crippen LogP contribution is -2.34. The number of hydrogen-bond donors (Lipinski definition) is 0. The second kappa shape index (κ2) is 9.40. The molecule has 0 saturated carbocycles. The van der Waals surface area contributed by atoms with Crippen LogP contribution in [0, 0.1) is 18.3 Å². The number of Topliss-reactive ketones (excluding diaryl/α,β-unsaturated/α-hetero) is 1. The predicted octanol–water partition coefficient (Wildman–Crippen LogP) is 4.00. The highest BCUT2D eigenvalue weighted by molar-refractivity contribution is 6.09. The maximum Gasteiger partial charge on any atom is 0.222 e. The van der Waals surface area contributed by atoms with Gasteiger partial charge in [-0.2, -0.15) is 5.26 Å². The van der Waals surface area contributed by atoms with E-state index in [1.165, 1.54) is 6.42 Å². The number of nitriles is 1. The summed E-state index contributed by atoms with van der Waals surface area (Å²) in [5.74, 6) is 0.267. The molecule has 7 nitrogen and oxygen atoms in total. The van der Waals surface area contributed by atoms with Crippen LogP contribution in [-0.2, 0) is 11.3 Å². The fourth-order valence-electron chi connectivity index (χ4n) is 5.25. The van der Waals surface area contributed by atoms with E-state index < -0.39 is 0 Å². The lowest BCUT2D eigenvalue weighted by Gasteiger charge is -2.25. The van der Waals surface area contributed by atoms with Gasteiger partial charge in [0.25, 0.3) is 0 Å². The van der Waals surface area contributed by atoms with E-state index >= 15 is 0 Å². The summed E-state index contributed by atoms with van der Waals surface area (Å²) >= 11 is 0. The van der Waals surface area contributed by atoms with Gasteiger partial charge in [-0.25, -0.2) is 0 Å². The summed E-state index contributed by atoms with van der Waals surface area (Å²) in [7, 11) is 0. The average molecular weight is 456 g/mol. The number of aromatic nitrogens is 2. The summed E-state index contributed by atoms with van der Waals surface area (Å²) in [5.41, 5.74) is 5.48. The monoisotopic (exact) mass is 455 g/mol. The van der Waals surface area contributed by atoms with Crippen LogP contribution in [0.2, 0.25) is 0 Å². The Balaban J connectivity index is 1.58. The molecule has 2 aromatic heterocycles. The molecule has 0 atom stereocenters. The van der Waals surface area contributed by atoms with Gasteiger partial charge in [-0.1, -0.05) is 6.42 Å². The Hall–Kier alpha value is -3.50. The van der Waals surface area contributed by atoms with Crippen molar-refractivity contribution >= 4 is 22.7 Å². The SMILES string of the molecule is Cc1c(C(=O)CN2CCCCC2)c2ncc(CN3CCCC3=O)cc2n1-c1ccc(C#N)cc1. The second-order valence-electron chi connectivity index (χ2n) is 9.34. The number of carbonyl (C=O) groups excluding carboxylic acids is 2. The number of nitrogens with zero attached hydrogens (tertiary/aromatic N) is 5. The van der Waals surface area contributed by atoms with Gasteiger partial charge in [-0.05, 0) is 75.2 Å². The molecule has 0 radical (unpaired) electrons. The molecule has 1 amide bonds. The Kier molecular flexibility index (Phi) is 6.16. The van der Waals surface area contributed by atoms with Crippen LogP contribution in [0.4, 0.5) is 0 Å². The largest absolute Gasteiger partial charge is 0.338 e. The van der Waals surface area contributed by atoms with Crippen molar-refractivity contribution in [3.8, 4) is 11.8 Å². The number of pyridine rings is 1. The maximum atomic E-state index is 13.5. The predicted molar refractivity (Wildman–Crippen MR) is 130 cm³/mol. The van der Waals surface area contributed by atoms with Crippen LogP contribution in [0.25, 0.3) is 16.7 Å². The molecule has 2 saturated heterocycles. The van der Waals surface area contributed by atoms with Crippen molar-refractivity contribution in [1.29, 1.82) is 5.26 Å². The molecule has 3 aromatic rings. The van der Waals surface area contributed by atoms with Gasteiger partial charge in [0.2, 0.25) is 5.91 Å². The third-order valence-electron chi connectivity index (χ3n) is 6.99. The van der Waals surface area contributed by atoms with E-state index in [9.17, 15) is 14.9 Å². The molecule has 174 valence electrons. The number of hydrogen-bond acceptors (Lipinski definition) is 5. The highest BCUT2D eigenvalue weighted by Crippen LogP contribution is 2.30. The molecule has 2 fully saturated rings. The highest BCUT2D eigenvalue weighted by Gasteiger charge is 2.26. The first kappa shape index (κ1) is 22.3. The third-order valence-corrected chi connectivity index (χ3v) is 6.99. The van der Waals surface area contributed by atoms with Crippen molar-refractivity contribution in [2.75, 3.05) is 26.2 Å². The number of fused-ring (bicyclic) bond motifs is 1. The van der Waals surface area contributed by atoms with Crippen LogP contribution in [-0.4, -0.2) is 57.2 Å². The minimum atomic E-state index is 0.0896. The molecular weight excluding hydrogens is 426 g/mol. The normalized spacial score (nSPS) is 16.8. The summed E-state index contributed by atoms with van der Waals surface area (Å²) in [6, 6.07) is 11.6. The first-order valence-electron chi connectivity index (χ1n) is 12.1. The molecule has 1 aromatic carbocycles. The molecule has 0 aliphatic carbocycles. The van der Waals surface area contributed by atoms with Gasteiger partial charge in [0, 0.05) is 37.1 Å². The van der Waals surface area contributed by atoms with Crippen LogP contribution in [0.3, 0.4) is 0 Å². The van der Waals surface area contributed by atoms with Gasteiger partial charge >= 0.3 is 0 Å². The summed E-state index contributed by atoms with van der Waals surface area (Å²) in [6.07, 6.45) is 6.79. The van der Waals surface area contributed by atoms with E-state index in [0.717, 1.165) is 61.4 Å². The summed E-state index contributed by atoms with van der Waals surface area (Å²) in [4.78, 5) is 34.5. The Morgan fingerprint density at radius 3 is 2.53 bits per heavy atom. The molecule has 2 aliphatic heterocycles. The van der Waals surface area contributed by atoms with Crippen molar-refractivity contribution in [3.05, 3.63) is 58.9 Å². The lowest BCUT2D eigenvalue weighted by molar-refractivity contribution is -0.128. The minimum Gasteiger partial charge on any atom is -0.338 e. The number of carbonyl (C=O) groups is 2. The number of amides is 1. The van der Waals surface area contributed by atoms with E-state index in [2.05, 4.69) is 21.6 Å². The number of rotatable bonds is 6. The minimum absolute atomic E-state index is 0.0896. The quantitative estimate of drug-likeness (QED) is 0.525. The zero-order valence-electron chi connectivity index (χ0n) is 19.6. The Morgan fingerprint density at radius 2 is 1.85 bits per heavy atom. The molecule has 5 rings (SSSR count). The molecule has 0 unspecified atom stereocenters. The van der Waals surface area contributed by atoms with Crippen molar-refractivity contribution in [3.63, 3.8) is 0 Å².